The van der Waals surface area contributed by atoms with Crippen molar-refractivity contribution in [3.63, 3.8) is 0 Å². The monoisotopic (exact) mass is 298 g/mol. The van der Waals surface area contributed by atoms with Crippen molar-refractivity contribution in [2.45, 2.75) is 95.0 Å². The highest BCUT2D eigenvalue weighted by Crippen LogP contribution is 2.66. The highest BCUT2D eigenvalue weighted by Gasteiger charge is 2.46. The molecule has 3 aliphatic rings. The molecule has 0 nitrogen and oxygen atoms in total. The van der Waals surface area contributed by atoms with Crippen molar-refractivity contribution >= 4 is 10.0 Å². The van der Waals surface area contributed by atoms with Crippen LogP contribution in [-0.2, 0) is 0 Å². The van der Waals surface area contributed by atoms with E-state index in [0.29, 0.717) is 4.75 Å². The van der Waals surface area contributed by atoms with Gasteiger partial charge in [0, 0.05) is 0 Å². The van der Waals surface area contributed by atoms with Crippen molar-refractivity contribution < 1.29 is 0 Å². The van der Waals surface area contributed by atoms with Gasteiger partial charge < -0.3 is 0 Å². The van der Waals surface area contributed by atoms with Crippen LogP contribution in [0.3, 0.4) is 0 Å². The Bertz CT molecular complexity index is 297. The first-order valence-electron chi connectivity index (χ1n) is 9.10. The van der Waals surface area contributed by atoms with Crippen molar-refractivity contribution in [2.75, 3.05) is 12.5 Å². The molecular formula is C19H38S. The smallest absolute Gasteiger partial charge is 0.00564 e. The zero-order valence-electron chi connectivity index (χ0n) is 14.7. The first-order chi connectivity index (χ1) is 9.38. The minimum Gasteiger partial charge on any atom is -0.239 e. The third-order valence-corrected chi connectivity index (χ3v) is 11.9. The van der Waals surface area contributed by atoms with Gasteiger partial charge in [0.25, 0.3) is 0 Å². The van der Waals surface area contributed by atoms with E-state index in [0.717, 1.165) is 17.1 Å². The van der Waals surface area contributed by atoms with Crippen LogP contribution < -0.4 is 0 Å². The molecule has 3 saturated carbocycles. The quantitative estimate of drug-likeness (QED) is 0.478. The standard InChI is InChI=1S/C19H38S/c1-6-7-8-9-14-19(2,3)20(4,5)18-15-16-10-12-17(18)13-11-16/h16-18H,6-15H2,1-5H3. The first-order valence-corrected chi connectivity index (χ1v) is 11.6. The summed E-state index contributed by atoms with van der Waals surface area (Å²) in [5.41, 5.74) is 0. The van der Waals surface area contributed by atoms with Gasteiger partial charge in [-0.1, -0.05) is 59.3 Å². The molecule has 0 N–H and O–H groups in total. The minimum atomic E-state index is -0.480. The van der Waals surface area contributed by atoms with Crippen LogP contribution in [-0.4, -0.2) is 22.5 Å². The number of hydrogen-bond acceptors (Lipinski definition) is 0. The van der Waals surface area contributed by atoms with E-state index in [1.54, 1.807) is 32.1 Å². The van der Waals surface area contributed by atoms with E-state index in [4.69, 9.17) is 0 Å². The summed E-state index contributed by atoms with van der Waals surface area (Å²) in [6.45, 7) is 7.51. The van der Waals surface area contributed by atoms with Crippen LogP contribution in [0.15, 0.2) is 0 Å². The van der Waals surface area contributed by atoms with Gasteiger partial charge >= 0.3 is 0 Å². The zero-order valence-corrected chi connectivity index (χ0v) is 15.5. The fourth-order valence-corrected chi connectivity index (χ4v) is 8.17. The summed E-state index contributed by atoms with van der Waals surface area (Å²) in [7, 11) is -0.480. The number of rotatable bonds is 7. The first kappa shape index (κ1) is 16.7. The lowest BCUT2D eigenvalue weighted by Gasteiger charge is -2.59. The van der Waals surface area contributed by atoms with E-state index in [1.165, 1.54) is 32.1 Å². The van der Waals surface area contributed by atoms with Crippen LogP contribution in [0.5, 0.6) is 0 Å². The maximum atomic E-state index is 2.68. The summed E-state index contributed by atoms with van der Waals surface area (Å²) in [5.74, 6) is 2.17. The van der Waals surface area contributed by atoms with Crippen molar-refractivity contribution in [1.29, 1.82) is 0 Å². The second kappa shape index (κ2) is 6.63. The van der Waals surface area contributed by atoms with E-state index >= 15 is 0 Å². The van der Waals surface area contributed by atoms with E-state index < -0.39 is 10.0 Å². The Morgan fingerprint density at radius 1 is 0.950 bits per heavy atom. The molecule has 0 aromatic heterocycles. The Morgan fingerprint density at radius 2 is 1.60 bits per heavy atom. The molecule has 2 bridgehead atoms. The molecule has 0 saturated heterocycles. The van der Waals surface area contributed by atoms with Gasteiger partial charge in [-0.15, -0.1) is 0 Å². The summed E-state index contributed by atoms with van der Waals surface area (Å²) >= 11 is 0. The van der Waals surface area contributed by atoms with Crippen molar-refractivity contribution in [3.8, 4) is 0 Å². The van der Waals surface area contributed by atoms with Crippen LogP contribution >= 0.6 is 10.0 Å². The van der Waals surface area contributed by atoms with Gasteiger partial charge in [0.15, 0.2) is 0 Å². The lowest BCUT2D eigenvalue weighted by Crippen LogP contribution is -2.44. The molecule has 3 rings (SSSR count). The maximum absolute atomic E-state index is 2.68. The molecule has 0 aromatic carbocycles. The maximum Gasteiger partial charge on any atom is -0.00564 e. The molecule has 0 aliphatic heterocycles. The van der Waals surface area contributed by atoms with Gasteiger partial charge in [0.1, 0.15) is 0 Å². The molecule has 1 unspecified atom stereocenters. The molecule has 0 aromatic rings. The molecule has 1 heteroatoms. The summed E-state index contributed by atoms with van der Waals surface area (Å²) in [6.07, 6.45) is 20.3. The summed E-state index contributed by atoms with van der Waals surface area (Å²) < 4.78 is 0.586. The Kier molecular flexibility index (Phi) is 5.54. The van der Waals surface area contributed by atoms with Crippen LogP contribution in [0.2, 0.25) is 0 Å². The molecule has 3 aliphatic carbocycles. The predicted octanol–water partition coefficient (Wildman–Crippen LogP) is 6.38. The fourth-order valence-electron chi connectivity index (χ4n) is 4.69. The van der Waals surface area contributed by atoms with E-state index in [9.17, 15) is 0 Å². The highest BCUT2D eigenvalue weighted by atomic mass is 32.3. The van der Waals surface area contributed by atoms with E-state index in [2.05, 4.69) is 33.3 Å². The highest BCUT2D eigenvalue weighted by molar-refractivity contribution is 8.34. The SMILES string of the molecule is CCCCCCC(C)(C)S(C)(C)C1CC2CCC1CC2. The van der Waals surface area contributed by atoms with Gasteiger partial charge in [-0.05, 0) is 60.0 Å². The molecule has 0 amide bonds. The average molecular weight is 299 g/mol. The second-order valence-corrected chi connectivity index (χ2v) is 13.1. The van der Waals surface area contributed by atoms with E-state index in [1.807, 2.05) is 0 Å². The molecule has 120 valence electrons. The average Bonchev–Trinajstić information content (AvgIpc) is 2.44. The van der Waals surface area contributed by atoms with Gasteiger partial charge in [0.2, 0.25) is 0 Å². The van der Waals surface area contributed by atoms with Crippen LogP contribution in [0.25, 0.3) is 0 Å². The second-order valence-electron chi connectivity index (χ2n) is 8.53. The van der Waals surface area contributed by atoms with Crippen LogP contribution in [0.4, 0.5) is 0 Å². The zero-order chi connectivity index (χ0) is 14.8. The third-order valence-electron chi connectivity index (χ3n) is 6.80. The van der Waals surface area contributed by atoms with Crippen LogP contribution in [0.1, 0.15) is 85.0 Å². The Balaban J connectivity index is 1.96. The van der Waals surface area contributed by atoms with Crippen LogP contribution in [0, 0.1) is 11.8 Å². The third kappa shape index (κ3) is 3.39. The molecule has 0 heterocycles. The summed E-state index contributed by atoms with van der Waals surface area (Å²) in [5, 5.41) is 1.08. The lowest BCUT2D eigenvalue weighted by atomic mass is 9.70. The Labute approximate surface area is 129 Å². The molecule has 1 atom stereocenters. The number of fused-ring (bicyclic) bond motifs is 3. The summed E-state index contributed by atoms with van der Waals surface area (Å²) in [4.78, 5) is 0. The van der Waals surface area contributed by atoms with Gasteiger partial charge in [-0.25, -0.2) is 10.0 Å². The van der Waals surface area contributed by atoms with Gasteiger partial charge in [-0.2, -0.15) is 0 Å². The van der Waals surface area contributed by atoms with Crippen molar-refractivity contribution in [3.05, 3.63) is 0 Å². The normalized spacial score (nSPS) is 31.6. The molecule has 20 heavy (non-hydrogen) atoms. The van der Waals surface area contributed by atoms with E-state index in [-0.39, 0.29) is 0 Å². The number of unbranched alkanes of at least 4 members (excludes halogenated alkanes) is 3. The van der Waals surface area contributed by atoms with Gasteiger partial charge in [0.05, 0.1) is 0 Å². The lowest BCUT2D eigenvalue weighted by molar-refractivity contribution is 0.181. The molecular weight excluding hydrogens is 260 g/mol. The molecule has 3 fully saturated rings. The molecule has 0 spiro atoms. The predicted molar refractivity (Wildman–Crippen MR) is 96.1 cm³/mol. The molecule has 0 radical (unpaired) electrons. The van der Waals surface area contributed by atoms with Gasteiger partial charge in [-0.3, -0.25) is 0 Å². The van der Waals surface area contributed by atoms with Crippen molar-refractivity contribution in [2.24, 2.45) is 11.8 Å². The largest absolute Gasteiger partial charge is 0.239 e. The topological polar surface area (TPSA) is 0 Å². The summed E-state index contributed by atoms with van der Waals surface area (Å²) in [6, 6.07) is 0. The fraction of sp³-hybridized carbons (Fsp3) is 1.00. The Morgan fingerprint density at radius 3 is 2.10 bits per heavy atom. The van der Waals surface area contributed by atoms with Crippen molar-refractivity contribution in [1.82, 2.24) is 0 Å². The minimum absolute atomic E-state index is 0.480. The Hall–Kier alpha value is 0.350. The number of hydrogen-bond donors (Lipinski definition) is 0.